The average Bonchev–Trinajstić information content (AvgIpc) is 1.63. The first-order chi connectivity index (χ1) is 4.29. The summed E-state index contributed by atoms with van der Waals surface area (Å²) >= 11 is 1.01. The van der Waals surface area contributed by atoms with Gasteiger partial charge in [0, 0.05) is 6.92 Å². The number of carboxylic acid groups (broad SMARTS) is 1. The van der Waals surface area contributed by atoms with E-state index in [-0.39, 0.29) is 0 Å². The van der Waals surface area contributed by atoms with Crippen molar-refractivity contribution in [1.29, 1.82) is 0 Å². The third-order valence-corrected chi connectivity index (χ3v) is 2.16. The van der Waals surface area contributed by atoms with Crippen molar-refractivity contribution in [1.82, 2.24) is 0 Å². The van der Waals surface area contributed by atoms with Gasteiger partial charge in [0.2, 0.25) is 0 Å². The van der Waals surface area contributed by atoms with Crippen molar-refractivity contribution < 1.29 is 9.90 Å². The van der Waals surface area contributed by atoms with Crippen LogP contribution in [0.1, 0.15) is 34.1 Å². The van der Waals surface area contributed by atoms with Gasteiger partial charge in [0.15, 0.2) is 0 Å². The summed E-state index contributed by atoms with van der Waals surface area (Å²) in [6, 6.07) is 0. The molecule has 0 aliphatic rings. The first-order valence-electron chi connectivity index (χ1n) is 3.49. The predicted molar refractivity (Wildman–Crippen MR) is 43.4 cm³/mol. The monoisotopic (exact) mass is 170 g/mol. The molecule has 0 radical (unpaired) electrons. The number of hydrogen-bond donors (Lipinski definition) is 1. The summed E-state index contributed by atoms with van der Waals surface area (Å²) in [6.07, 6.45) is 1.35. The molecule has 0 aromatic heterocycles. The van der Waals surface area contributed by atoms with Crippen molar-refractivity contribution in [3.63, 3.8) is 0 Å². The molecule has 0 aromatic carbocycles. The Morgan fingerprint density at radius 2 is 1.70 bits per heavy atom. The molecule has 56 valence electrons. The predicted octanol–water partition coefficient (Wildman–Crippen LogP) is 1.85. The van der Waals surface area contributed by atoms with E-state index in [9.17, 15) is 0 Å². The zero-order valence-corrected chi connectivity index (χ0v) is 10.7. The van der Waals surface area contributed by atoms with Gasteiger partial charge in [0.05, 0.1) is 0 Å². The van der Waals surface area contributed by atoms with E-state index in [2.05, 4.69) is 20.8 Å². The Bertz CT molecular complexity index is 90.3. The van der Waals surface area contributed by atoms with Gasteiger partial charge >= 0.3 is 75.7 Å². The van der Waals surface area contributed by atoms with Crippen molar-refractivity contribution in [2.45, 2.75) is 33.6 Å². The van der Waals surface area contributed by atoms with Crippen LogP contribution in [0.15, 0.2) is 0 Å². The van der Waals surface area contributed by atoms with E-state index in [1.165, 1.54) is 6.42 Å². The molecule has 1 N–H and O–H groups in total. The van der Waals surface area contributed by atoms with E-state index in [0.29, 0.717) is 0 Å². The maximum absolute atomic E-state index is 9.00. The second-order valence-corrected chi connectivity index (χ2v) is 7.66. The molecule has 10 heavy (non-hydrogen) atoms. The summed E-state index contributed by atoms with van der Waals surface area (Å²) in [4.78, 5) is 9.00. The summed E-state index contributed by atoms with van der Waals surface area (Å²) in [5.41, 5.74) is 0. The summed E-state index contributed by atoms with van der Waals surface area (Å²) in [5, 5.41) is 7.42. The number of aliphatic carboxylic acids is 1. The second-order valence-electron chi connectivity index (χ2n) is 3.43. The van der Waals surface area contributed by atoms with Crippen LogP contribution >= 0.6 is 0 Å². The Morgan fingerprint density at radius 1 is 1.60 bits per heavy atom. The van der Waals surface area contributed by atoms with E-state index in [4.69, 9.17) is 9.90 Å². The molecule has 0 fully saturated rings. The molecule has 0 saturated carbocycles. The van der Waals surface area contributed by atoms with Crippen LogP contribution in [-0.2, 0) is 4.79 Å². The molecular weight excluding hydrogens is 155 g/mol. The molecule has 0 aliphatic heterocycles. The Morgan fingerprint density at radius 3 is 1.70 bits per heavy atom. The first-order valence-corrected chi connectivity index (χ1v) is 5.05. The molecule has 0 bridgehead atoms. The van der Waals surface area contributed by atoms with Crippen LogP contribution in [-0.4, -0.2) is 60.0 Å². The Balaban J connectivity index is 0. The Labute approximate surface area is 97.0 Å². The van der Waals surface area contributed by atoms with E-state index >= 15 is 0 Å². The van der Waals surface area contributed by atoms with Crippen molar-refractivity contribution in [3.8, 4) is 0 Å². The zero-order chi connectivity index (χ0) is 8.78. The molecular formula is C7H15KO2. The van der Waals surface area contributed by atoms with Gasteiger partial charge in [0.1, 0.15) is 0 Å². The van der Waals surface area contributed by atoms with Crippen LogP contribution in [0.25, 0.3) is 0 Å². The summed E-state index contributed by atoms with van der Waals surface area (Å²) in [7, 11) is 0. The minimum atomic E-state index is -0.833. The van der Waals surface area contributed by atoms with Crippen molar-refractivity contribution >= 4 is 54.9 Å². The van der Waals surface area contributed by atoms with Gasteiger partial charge in [-0.3, -0.25) is 4.79 Å². The summed E-state index contributed by atoms with van der Waals surface area (Å²) in [6.45, 7) is 7.99. The topological polar surface area (TPSA) is 37.3 Å². The molecule has 2 nitrogen and oxygen atoms in total. The van der Waals surface area contributed by atoms with Gasteiger partial charge in [-0.2, -0.15) is 0 Å². The third-order valence-electron chi connectivity index (χ3n) is 1.06. The SMILES string of the molecule is CC(=O)O.CC[C](C)(C)[K]. The summed E-state index contributed by atoms with van der Waals surface area (Å²) in [5.74, 6) is -0.833. The van der Waals surface area contributed by atoms with Crippen molar-refractivity contribution in [3.05, 3.63) is 0 Å². The summed E-state index contributed by atoms with van der Waals surface area (Å²) < 4.78 is 0.729. The van der Waals surface area contributed by atoms with Crippen LogP contribution < -0.4 is 0 Å². The fourth-order valence-electron chi connectivity index (χ4n) is 0. The number of carbonyl (C=O) groups is 1. The molecule has 3 heteroatoms. The minimum absolute atomic E-state index is 0.729. The molecule has 0 spiro atoms. The quantitative estimate of drug-likeness (QED) is 0.610. The number of hydrogen-bond acceptors (Lipinski definition) is 1. The standard InChI is InChI=1S/C5H11.C2H4O2.K/c1-4-5(2)3;1-2(3)4;/h4H2,1-3H3;1H3,(H,3,4);. The van der Waals surface area contributed by atoms with E-state index < -0.39 is 5.97 Å². The number of rotatable bonds is 1. The second kappa shape index (κ2) is 6.79. The fraction of sp³-hybridized carbons (Fsp3) is 0.857. The number of carboxylic acids is 1. The molecule has 0 aromatic rings. The molecule has 0 rings (SSSR count). The average molecular weight is 170 g/mol. The van der Waals surface area contributed by atoms with Crippen LogP contribution in [0.4, 0.5) is 0 Å². The van der Waals surface area contributed by atoms with Gasteiger partial charge in [0.25, 0.3) is 5.97 Å². The van der Waals surface area contributed by atoms with Crippen LogP contribution in [0.2, 0.25) is -0.490 Å². The molecule has 0 unspecified atom stereocenters. The molecule has 0 saturated heterocycles. The van der Waals surface area contributed by atoms with Crippen molar-refractivity contribution in [2.75, 3.05) is 0 Å². The maximum atomic E-state index is 9.00. The van der Waals surface area contributed by atoms with Gasteiger partial charge in [-0.25, -0.2) is 0 Å². The van der Waals surface area contributed by atoms with Gasteiger partial charge in [-0.15, -0.1) is 0 Å². The van der Waals surface area contributed by atoms with Crippen molar-refractivity contribution in [2.24, 2.45) is 0 Å². The molecule has 0 atom stereocenters. The van der Waals surface area contributed by atoms with Gasteiger partial charge in [-0.05, 0) is 0 Å². The van der Waals surface area contributed by atoms with E-state index in [1.54, 1.807) is 0 Å². The van der Waals surface area contributed by atoms with Crippen LogP contribution in [0.3, 0.4) is 0 Å². The van der Waals surface area contributed by atoms with E-state index in [1.807, 2.05) is 0 Å². The first kappa shape index (κ1) is 13.7. The van der Waals surface area contributed by atoms with Gasteiger partial charge in [-0.1, -0.05) is 0 Å². The third kappa shape index (κ3) is 35.5. The zero-order valence-electron chi connectivity index (χ0n) is 7.56. The molecule has 0 aliphatic carbocycles. The fourth-order valence-corrected chi connectivity index (χ4v) is 0. The molecule has 0 heterocycles. The van der Waals surface area contributed by atoms with Gasteiger partial charge < -0.3 is 5.11 Å². The molecule has 0 amide bonds. The van der Waals surface area contributed by atoms with E-state index in [0.717, 1.165) is 55.4 Å². The Hall–Kier alpha value is 1.11. The van der Waals surface area contributed by atoms with Crippen LogP contribution in [0.5, 0.6) is 0 Å². The van der Waals surface area contributed by atoms with Crippen LogP contribution in [0, 0.1) is 0 Å². The normalized spacial score (nSPS) is 9.80. The Kier molecular flexibility index (Phi) is 9.29.